The molecule has 0 saturated carbocycles. The summed E-state index contributed by atoms with van der Waals surface area (Å²) in [6, 6.07) is 7.10. The van der Waals surface area contributed by atoms with E-state index in [0.717, 1.165) is 3.57 Å². The number of sulfonamides is 1. The van der Waals surface area contributed by atoms with E-state index in [0.29, 0.717) is 5.69 Å². The largest absolute Gasteiger partial charge is 0.334 e. The molecule has 2 rings (SSSR count). The monoisotopic (exact) mass is 349 g/mol. The van der Waals surface area contributed by atoms with Crippen LogP contribution in [0.15, 0.2) is 41.8 Å². The van der Waals surface area contributed by atoms with E-state index in [1.807, 2.05) is 6.07 Å². The van der Waals surface area contributed by atoms with Crippen LogP contribution in [0.5, 0.6) is 0 Å². The minimum Gasteiger partial charge on any atom is -0.334 e. The first-order valence-corrected chi connectivity index (χ1v) is 6.91. The number of anilines is 1. The highest BCUT2D eigenvalue weighted by Crippen LogP contribution is 2.16. The molecule has 0 saturated heterocycles. The molecule has 5 nitrogen and oxygen atoms in total. The van der Waals surface area contributed by atoms with Gasteiger partial charge >= 0.3 is 0 Å². The third-order valence-electron chi connectivity index (χ3n) is 1.84. The number of hydrogen-bond acceptors (Lipinski definition) is 3. The molecule has 0 aliphatic heterocycles. The smallest absolute Gasteiger partial charge is 0.278 e. The average Bonchev–Trinajstić information content (AvgIpc) is 2.69. The number of halogens is 1. The summed E-state index contributed by atoms with van der Waals surface area (Å²) in [4.78, 5) is 6.22. The number of H-pyrrole nitrogens is 1. The number of imidazole rings is 1. The maximum Gasteiger partial charge on any atom is 0.278 e. The molecule has 0 spiro atoms. The Bertz CT molecular complexity index is 581. The van der Waals surface area contributed by atoms with Crippen LogP contribution in [-0.2, 0) is 10.0 Å². The van der Waals surface area contributed by atoms with Gasteiger partial charge in [0.05, 0.1) is 12.5 Å². The Kier molecular flexibility index (Phi) is 3.15. The van der Waals surface area contributed by atoms with Crippen molar-refractivity contribution in [2.24, 2.45) is 0 Å². The Balaban J connectivity index is 2.29. The maximum absolute atomic E-state index is 11.8. The number of nitrogens with zero attached hydrogens (tertiary/aromatic N) is 1. The Labute approximate surface area is 106 Å². The lowest BCUT2D eigenvalue weighted by molar-refractivity contribution is 0.598. The van der Waals surface area contributed by atoms with Crippen molar-refractivity contribution in [3.8, 4) is 0 Å². The number of hydrogen-bond donors (Lipinski definition) is 2. The number of aromatic nitrogens is 2. The molecule has 2 aromatic rings. The van der Waals surface area contributed by atoms with Gasteiger partial charge in [0.15, 0.2) is 5.03 Å². The van der Waals surface area contributed by atoms with Gasteiger partial charge in [-0.25, -0.2) is 4.98 Å². The predicted octanol–water partition coefficient (Wildman–Crippen LogP) is 1.82. The maximum atomic E-state index is 11.8. The molecular weight excluding hydrogens is 341 g/mol. The second-order valence-corrected chi connectivity index (χ2v) is 5.93. The van der Waals surface area contributed by atoms with Crippen LogP contribution in [0.1, 0.15) is 0 Å². The molecule has 0 unspecified atom stereocenters. The van der Waals surface area contributed by atoms with Crippen LogP contribution in [0.4, 0.5) is 5.69 Å². The summed E-state index contributed by atoms with van der Waals surface area (Å²) in [6.45, 7) is 0. The summed E-state index contributed by atoms with van der Waals surface area (Å²) >= 11 is 2.12. The zero-order valence-corrected chi connectivity index (χ0v) is 11.0. The number of rotatable bonds is 3. The van der Waals surface area contributed by atoms with E-state index in [2.05, 4.69) is 37.3 Å². The van der Waals surface area contributed by atoms with Gasteiger partial charge in [-0.15, -0.1) is 0 Å². The number of benzene rings is 1. The molecule has 7 heteroatoms. The molecule has 84 valence electrons. The van der Waals surface area contributed by atoms with Gasteiger partial charge in [0.25, 0.3) is 10.0 Å². The summed E-state index contributed by atoms with van der Waals surface area (Å²) in [7, 11) is -3.56. The van der Waals surface area contributed by atoms with E-state index in [9.17, 15) is 8.42 Å². The van der Waals surface area contributed by atoms with E-state index < -0.39 is 10.0 Å². The summed E-state index contributed by atoms with van der Waals surface area (Å²) in [5, 5.41) is 0.0476. The molecule has 1 aromatic heterocycles. The third-order valence-corrected chi connectivity index (χ3v) is 3.82. The molecule has 0 radical (unpaired) electrons. The molecule has 1 aromatic carbocycles. The molecule has 0 bridgehead atoms. The van der Waals surface area contributed by atoms with Crippen LogP contribution >= 0.6 is 22.6 Å². The van der Waals surface area contributed by atoms with E-state index in [1.54, 1.807) is 18.2 Å². The SMILES string of the molecule is O=S(=O)(Nc1cccc(I)c1)c1cnc[nH]1. The van der Waals surface area contributed by atoms with Crippen molar-refractivity contribution in [3.05, 3.63) is 40.4 Å². The standard InChI is InChI=1S/C9H8IN3O2S/c10-7-2-1-3-8(4-7)13-16(14,15)9-5-11-6-12-9/h1-6,13H,(H,11,12). The van der Waals surface area contributed by atoms with Crippen LogP contribution in [-0.4, -0.2) is 18.4 Å². The molecule has 1 heterocycles. The molecule has 16 heavy (non-hydrogen) atoms. The van der Waals surface area contributed by atoms with Crippen LogP contribution in [0.2, 0.25) is 0 Å². The Hall–Kier alpha value is -1.09. The van der Waals surface area contributed by atoms with Gasteiger partial charge < -0.3 is 4.98 Å². The third kappa shape index (κ3) is 2.53. The van der Waals surface area contributed by atoms with Gasteiger partial charge in [-0.3, -0.25) is 4.72 Å². The highest BCUT2D eigenvalue weighted by molar-refractivity contribution is 14.1. The topological polar surface area (TPSA) is 74.8 Å². The van der Waals surface area contributed by atoms with Crippen molar-refractivity contribution in [1.29, 1.82) is 0 Å². The van der Waals surface area contributed by atoms with Gasteiger partial charge in [-0.1, -0.05) is 6.07 Å². The van der Waals surface area contributed by atoms with Crippen molar-refractivity contribution in [2.75, 3.05) is 4.72 Å². The van der Waals surface area contributed by atoms with Gasteiger partial charge in [0.1, 0.15) is 0 Å². The molecule has 0 atom stereocenters. The van der Waals surface area contributed by atoms with Crippen LogP contribution in [0, 0.1) is 3.57 Å². The molecular formula is C9H8IN3O2S. The predicted molar refractivity (Wildman–Crippen MR) is 68.6 cm³/mol. The zero-order chi connectivity index (χ0) is 11.6. The first kappa shape index (κ1) is 11.4. The average molecular weight is 349 g/mol. The van der Waals surface area contributed by atoms with Gasteiger partial charge in [-0.2, -0.15) is 8.42 Å². The fourth-order valence-electron chi connectivity index (χ4n) is 1.15. The Morgan fingerprint density at radius 1 is 1.38 bits per heavy atom. The van der Waals surface area contributed by atoms with E-state index in [4.69, 9.17) is 0 Å². The van der Waals surface area contributed by atoms with Crippen molar-refractivity contribution in [2.45, 2.75) is 5.03 Å². The molecule has 0 fully saturated rings. The van der Waals surface area contributed by atoms with Gasteiger partial charge in [0.2, 0.25) is 0 Å². The highest BCUT2D eigenvalue weighted by Gasteiger charge is 2.15. The quantitative estimate of drug-likeness (QED) is 0.830. The normalized spacial score (nSPS) is 11.3. The Morgan fingerprint density at radius 2 is 2.19 bits per heavy atom. The van der Waals surface area contributed by atoms with Gasteiger partial charge in [-0.05, 0) is 40.8 Å². The van der Waals surface area contributed by atoms with E-state index in [-0.39, 0.29) is 5.03 Å². The second-order valence-electron chi connectivity index (χ2n) is 3.03. The highest BCUT2D eigenvalue weighted by atomic mass is 127. The molecule has 0 amide bonds. The summed E-state index contributed by atoms with van der Waals surface area (Å²) in [6.07, 6.45) is 2.58. The number of nitrogens with one attached hydrogen (secondary N) is 2. The second kappa shape index (κ2) is 4.42. The van der Waals surface area contributed by atoms with Crippen LogP contribution in [0.3, 0.4) is 0 Å². The number of aromatic amines is 1. The lowest BCUT2D eigenvalue weighted by atomic mass is 10.3. The summed E-state index contributed by atoms with van der Waals surface area (Å²) in [5.74, 6) is 0. The minimum absolute atomic E-state index is 0.0476. The zero-order valence-electron chi connectivity index (χ0n) is 8.01. The van der Waals surface area contributed by atoms with Gasteiger partial charge in [0, 0.05) is 9.26 Å². The first-order chi connectivity index (χ1) is 7.58. The minimum atomic E-state index is -3.56. The van der Waals surface area contributed by atoms with E-state index >= 15 is 0 Å². The van der Waals surface area contributed by atoms with Crippen molar-refractivity contribution >= 4 is 38.3 Å². The Morgan fingerprint density at radius 3 is 2.81 bits per heavy atom. The van der Waals surface area contributed by atoms with Crippen molar-refractivity contribution < 1.29 is 8.42 Å². The van der Waals surface area contributed by atoms with E-state index in [1.165, 1.54) is 12.5 Å². The molecule has 2 N–H and O–H groups in total. The van der Waals surface area contributed by atoms with Crippen LogP contribution < -0.4 is 4.72 Å². The fraction of sp³-hybridized carbons (Fsp3) is 0. The molecule has 0 aliphatic rings. The van der Waals surface area contributed by atoms with Crippen molar-refractivity contribution in [1.82, 2.24) is 9.97 Å². The fourth-order valence-corrected chi connectivity index (χ4v) is 2.65. The summed E-state index contributed by atoms with van der Waals surface area (Å²) in [5.41, 5.74) is 0.529. The van der Waals surface area contributed by atoms with Crippen LogP contribution in [0.25, 0.3) is 0 Å². The lowest BCUT2D eigenvalue weighted by Gasteiger charge is -2.05. The molecule has 0 aliphatic carbocycles. The lowest BCUT2D eigenvalue weighted by Crippen LogP contribution is -2.13. The first-order valence-electron chi connectivity index (χ1n) is 4.35. The summed E-state index contributed by atoms with van der Waals surface area (Å²) < 4.78 is 27.0. The van der Waals surface area contributed by atoms with Crippen molar-refractivity contribution in [3.63, 3.8) is 0 Å².